The molecular formula is C21H24Cl2N2O4. The minimum atomic E-state index is -0.421. The average molecular weight is 439 g/mol. The molecule has 6 nitrogen and oxygen atoms in total. The van der Waals surface area contributed by atoms with Crippen LogP contribution in [0.25, 0.3) is 0 Å². The van der Waals surface area contributed by atoms with Gasteiger partial charge in [-0.1, -0.05) is 43.0 Å². The maximum atomic E-state index is 11.9. The van der Waals surface area contributed by atoms with Crippen molar-refractivity contribution >= 4 is 35.3 Å². The van der Waals surface area contributed by atoms with Crippen molar-refractivity contribution in [3.63, 3.8) is 0 Å². The molecule has 0 aliphatic rings. The summed E-state index contributed by atoms with van der Waals surface area (Å²) in [7, 11) is 1.58. The topological polar surface area (TPSA) is 69.2 Å². The van der Waals surface area contributed by atoms with Gasteiger partial charge in [-0.05, 0) is 48.4 Å². The van der Waals surface area contributed by atoms with Crippen molar-refractivity contribution in [3.8, 4) is 17.2 Å². The fourth-order valence-corrected chi connectivity index (χ4v) is 2.83. The Kier molecular flexibility index (Phi) is 9.60. The zero-order valence-electron chi connectivity index (χ0n) is 16.4. The van der Waals surface area contributed by atoms with Crippen LogP contribution in [0.2, 0.25) is 10.0 Å². The second kappa shape index (κ2) is 12.2. The van der Waals surface area contributed by atoms with Crippen LogP contribution >= 0.6 is 23.2 Å². The first-order valence-corrected chi connectivity index (χ1v) is 9.99. The molecule has 0 saturated carbocycles. The Morgan fingerprint density at radius 1 is 1.07 bits per heavy atom. The number of halogens is 2. The number of amides is 1. The lowest BCUT2D eigenvalue weighted by molar-refractivity contribution is -0.123. The van der Waals surface area contributed by atoms with Gasteiger partial charge in [-0.2, -0.15) is 5.10 Å². The number of rotatable bonds is 11. The molecule has 2 rings (SSSR count). The van der Waals surface area contributed by atoms with Gasteiger partial charge >= 0.3 is 0 Å². The van der Waals surface area contributed by atoms with E-state index < -0.39 is 5.91 Å². The molecule has 0 bridgehead atoms. The minimum Gasteiger partial charge on any atom is -0.493 e. The highest BCUT2D eigenvalue weighted by molar-refractivity contribution is 6.35. The van der Waals surface area contributed by atoms with Gasteiger partial charge in [-0.3, -0.25) is 4.79 Å². The number of hydrogen-bond acceptors (Lipinski definition) is 5. The number of hydrazone groups is 1. The predicted molar refractivity (Wildman–Crippen MR) is 116 cm³/mol. The molecule has 0 saturated heterocycles. The number of carbonyl (C=O) groups is 1. The highest BCUT2D eigenvalue weighted by Crippen LogP contribution is 2.28. The molecule has 0 fully saturated rings. The number of methoxy groups -OCH3 is 1. The Labute approximate surface area is 180 Å². The first-order valence-electron chi connectivity index (χ1n) is 9.24. The van der Waals surface area contributed by atoms with E-state index in [0.29, 0.717) is 33.9 Å². The summed E-state index contributed by atoms with van der Waals surface area (Å²) in [6.07, 6.45) is 4.77. The van der Waals surface area contributed by atoms with Gasteiger partial charge in [0.1, 0.15) is 5.75 Å². The fourth-order valence-electron chi connectivity index (χ4n) is 2.36. The smallest absolute Gasteiger partial charge is 0.277 e. The minimum absolute atomic E-state index is 0.230. The lowest BCUT2D eigenvalue weighted by Gasteiger charge is -2.11. The van der Waals surface area contributed by atoms with Gasteiger partial charge in [-0.15, -0.1) is 0 Å². The van der Waals surface area contributed by atoms with Crippen LogP contribution in [0.4, 0.5) is 0 Å². The van der Waals surface area contributed by atoms with Crippen molar-refractivity contribution in [2.45, 2.75) is 26.2 Å². The van der Waals surface area contributed by atoms with Gasteiger partial charge in [0.05, 0.1) is 25.0 Å². The van der Waals surface area contributed by atoms with E-state index in [4.69, 9.17) is 37.4 Å². The van der Waals surface area contributed by atoms with Gasteiger partial charge < -0.3 is 14.2 Å². The van der Waals surface area contributed by atoms with Crippen molar-refractivity contribution in [1.29, 1.82) is 0 Å². The van der Waals surface area contributed by atoms with Crippen molar-refractivity contribution in [2.75, 3.05) is 20.3 Å². The summed E-state index contributed by atoms with van der Waals surface area (Å²) in [6.45, 7) is 2.56. The third-order valence-corrected chi connectivity index (χ3v) is 4.38. The van der Waals surface area contributed by atoms with Crippen LogP contribution in [0.15, 0.2) is 41.5 Å². The van der Waals surface area contributed by atoms with Crippen LogP contribution in [-0.4, -0.2) is 32.4 Å². The van der Waals surface area contributed by atoms with Crippen molar-refractivity contribution in [3.05, 3.63) is 52.0 Å². The number of nitrogens with zero attached hydrogens (tertiary/aromatic N) is 1. The van der Waals surface area contributed by atoms with Gasteiger partial charge in [-0.25, -0.2) is 5.43 Å². The lowest BCUT2D eigenvalue weighted by Crippen LogP contribution is -2.24. The molecule has 1 N–H and O–H groups in total. The number of ether oxygens (including phenoxy) is 3. The molecule has 0 aliphatic heterocycles. The summed E-state index contributed by atoms with van der Waals surface area (Å²) < 4.78 is 16.5. The van der Waals surface area contributed by atoms with Crippen LogP contribution in [-0.2, 0) is 4.79 Å². The van der Waals surface area contributed by atoms with Crippen LogP contribution in [0.5, 0.6) is 17.2 Å². The third kappa shape index (κ3) is 7.83. The zero-order chi connectivity index (χ0) is 21.1. The lowest BCUT2D eigenvalue weighted by atomic mass is 10.2. The average Bonchev–Trinajstić information content (AvgIpc) is 2.71. The van der Waals surface area contributed by atoms with Crippen LogP contribution in [0, 0.1) is 0 Å². The molecule has 0 spiro atoms. The fraction of sp³-hybridized carbons (Fsp3) is 0.333. The standard InChI is InChI=1S/C21H24Cl2N2O4/c1-3-4-5-10-28-19-8-6-15(11-20(19)27-2)13-24-25-21(26)14-29-18-9-7-16(22)12-17(18)23/h6-9,11-13H,3-5,10,14H2,1-2H3,(H,25,26). The van der Waals surface area contributed by atoms with Crippen molar-refractivity contribution < 1.29 is 19.0 Å². The number of hydrogen-bond donors (Lipinski definition) is 1. The summed E-state index contributed by atoms with van der Waals surface area (Å²) in [5, 5.41) is 4.75. The predicted octanol–water partition coefficient (Wildman–Crippen LogP) is 5.10. The summed E-state index contributed by atoms with van der Waals surface area (Å²) in [6, 6.07) is 10.2. The molecule has 1 amide bonds. The Hall–Kier alpha value is -2.44. The Bertz CT molecular complexity index is 843. The monoisotopic (exact) mass is 438 g/mol. The Balaban J connectivity index is 1.84. The first kappa shape index (κ1) is 22.8. The van der Waals surface area contributed by atoms with Gasteiger partial charge in [0.2, 0.25) is 0 Å². The van der Waals surface area contributed by atoms with Crippen molar-refractivity contribution in [2.24, 2.45) is 5.10 Å². The van der Waals surface area contributed by atoms with E-state index in [1.165, 1.54) is 6.21 Å². The van der Waals surface area contributed by atoms with E-state index in [2.05, 4.69) is 17.5 Å². The number of nitrogens with one attached hydrogen (secondary N) is 1. The number of unbranched alkanes of at least 4 members (excludes halogenated alkanes) is 2. The van der Waals surface area contributed by atoms with E-state index in [0.717, 1.165) is 24.8 Å². The van der Waals surface area contributed by atoms with Gasteiger partial charge in [0.15, 0.2) is 18.1 Å². The van der Waals surface area contributed by atoms with E-state index in [9.17, 15) is 4.79 Å². The molecule has 0 heterocycles. The van der Waals surface area contributed by atoms with Crippen LogP contribution in [0.1, 0.15) is 31.7 Å². The van der Waals surface area contributed by atoms with Crippen LogP contribution < -0.4 is 19.6 Å². The van der Waals surface area contributed by atoms with E-state index >= 15 is 0 Å². The number of carbonyl (C=O) groups excluding carboxylic acids is 1. The molecule has 0 unspecified atom stereocenters. The molecule has 156 valence electrons. The largest absolute Gasteiger partial charge is 0.493 e. The normalized spacial score (nSPS) is 10.8. The highest BCUT2D eigenvalue weighted by atomic mass is 35.5. The quantitative estimate of drug-likeness (QED) is 0.301. The molecule has 0 aliphatic carbocycles. The third-order valence-electron chi connectivity index (χ3n) is 3.85. The molecule has 29 heavy (non-hydrogen) atoms. The van der Waals surface area contributed by atoms with E-state index in [-0.39, 0.29) is 6.61 Å². The second-order valence-corrected chi connectivity index (χ2v) is 6.97. The molecular weight excluding hydrogens is 415 g/mol. The summed E-state index contributed by atoms with van der Waals surface area (Å²) in [4.78, 5) is 11.9. The number of benzene rings is 2. The van der Waals surface area contributed by atoms with Crippen molar-refractivity contribution in [1.82, 2.24) is 5.43 Å². The van der Waals surface area contributed by atoms with Crippen LogP contribution in [0.3, 0.4) is 0 Å². The Morgan fingerprint density at radius 2 is 1.86 bits per heavy atom. The molecule has 0 radical (unpaired) electrons. The SMILES string of the molecule is CCCCCOc1ccc(C=NNC(=O)COc2ccc(Cl)cc2Cl)cc1OC. The van der Waals surface area contributed by atoms with E-state index in [1.54, 1.807) is 31.4 Å². The van der Waals surface area contributed by atoms with E-state index in [1.807, 2.05) is 12.1 Å². The zero-order valence-corrected chi connectivity index (χ0v) is 17.9. The summed E-state index contributed by atoms with van der Waals surface area (Å²) >= 11 is 11.8. The first-order chi connectivity index (χ1) is 14.0. The summed E-state index contributed by atoms with van der Waals surface area (Å²) in [5.41, 5.74) is 3.15. The van der Waals surface area contributed by atoms with Gasteiger partial charge in [0, 0.05) is 5.02 Å². The maximum absolute atomic E-state index is 11.9. The molecule has 0 aromatic heterocycles. The van der Waals surface area contributed by atoms with Gasteiger partial charge in [0.25, 0.3) is 5.91 Å². The molecule has 8 heteroatoms. The summed E-state index contributed by atoms with van der Waals surface area (Å²) in [5.74, 6) is 1.24. The molecule has 2 aromatic rings. The molecule has 2 aromatic carbocycles. The second-order valence-electron chi connectivity index (χ2n) is 6.12. The molecule has 0 atom stereocenters. The Morgan fingerprint density at radius 3 is 2.59 bits per heavy atom. The maximum Gasteiger partial charge on any atom is 0.277 e. The highest BCUT2D eigenvalue weighted by Gasteiger charge is 2.07.